The summed E-state index contributed by atoms with van der Waals surface area (Å²) in [5.74, 6) is 2.47. The van der Waals surface area contributed by atoms with Crippen molar-refractivity contribution in [1.82, 2.24) is 14.9 Å². The summed E-state index contributed by atoms with van der Waals surface area (Å²) in [6.45, 7) is 10.4. The number of methoxy groups -OCH3 is 2. The summed E-state index contributed by atoms with van der Waals surface area (Å²) >= 11 is 1.73. The highest BCUT2D eigenvalue weighted by molar-refractivity contribution is 7.18. The second-order valence-electron chi connectivity index (χ2n) is 7.73. The molecule has 1 aromatic carbocycles. The van der Waals surface area contributed by atoms with Gasteiger partial charge >= 0.3 is 0 Å². The second-order valence-corrected chi connectivity index (χ2v) is 8.93. The molecule has 3 heterocycles. The number of benzene rings is 1. The number of rotatable bonds is 8. The van der Waals surface area contributed by atoms with Crippen molar-refractivity contribution in [1.29, 1.82) is 0 Å². The lowest BCUT2D eigenvalue weighted by Gasteiger charge is -2.31. The van der Waals surface area contributed by atoms with E-state index in [4.69, 9.17) is 19.2 Å². The number of aromatic nitrogens is 2. The van der Waals surface area contributed by atoms with Gasteiger partial charge in [0, 0.05) is 37.6 Å². The van der Waals surface area contributed by atoms with Crippen LogP contribution in [0.3, 0.4) is 0 Å². The van der Waals surface area contributed by atoms with Crippen LogP contribution < -0.4 is 14.4 Å². The summed E-state index contributed by atoms with van der Waals surface area (Å²) in [6.07, 6.45) is 1.68. The average molecular weight is 443 g/mol. The Morgan fingerprint density at radius 3 is 2.61 bits per heavy atom. The molecule has 1 aliphatic heterocycles. The van der Waals surface area contributed by atoms with Gasteiger partial charge in [-0.25, -0.2) is 9.97 Å². The molecule has 0 spiro atoms. The molecule has 0 bridgehead atoms. The fraction of sp³-hybridized carbons (Fsp3) is 0.478. The summed E-state index contributed by atoms with van der Waals surface area (Å²) < 4.78 is 16.4. The summed E-state index contributed by atoms with van der Waals surface area (Å²) in [4.78, 5) is 16.4. The molecule has 1 aliphatic rings. The summed E-state index contributed by atoms with van der Waals surface area (Å²) in [6, 6.07) is 6.10. The lowest BCUT2D eigenvalue weighted by Crippen LogP contribution is -2.41. The van der Waals surface area contributed by atoms with Gasteiger partial charge in [-0.3, -0.25) is 4.90 Å². The second kappa shape index (κ2) is 9.80. The molecule has 0 atom stereocenters. The Kier molecular flexibility index (Phi) is 6.89. The number of nitrogens with zero attached hydrogens (tertiary/aromatic N) is 4. The van der Waals surface area contributed by atoms with Gasteiger partial charge < -0.3 is 19.1 Å². The van der Waals surface area contributed by atoms with Crippen LogP contribution in [0.2, 0.25) is 0 Å². The van der Waals surface area contributed by atoms with Gasteiger partial charge in [0.15, 0.2) is 11.5 Å². The number of aryl methyl sites for hydroxylation is 2. The maximum absolute atomic E-state index is 5.52. The van der Waals surface area contributed by atoms with Crippen LogP contribution in [0.4, 0.5) is 5.82 Å². The van der Waals surface area contributed by atoms with Crippen LogP contribution in [0.1, 0.15) is 16.0 Å². The minimum Gasteiger partial charge on any atom is -0.493 e. The molecule has 166 valence electrons. The van der Waals surface area contributed by atoms with Gasteiger partial charge in [0.05, 0.1) is 32.8 Å². The van der Waals surface area contributed by atoms with E-state index >= 15 is 0 Å². The molecule has 0 amide bonds. The Bertz CT molecular complexity index is 1030. The Hall–Kier alpha value is -2.42. The maximum atomic E-state index is 5.52. The van der Waals surface area contributed by atoms with E-state index < -0.39 is 0 Å². The molecule has 31 heavy (non-hydrogen) atoms. The number of thiophene rings is 1. The van der Waals surface area contributed by atoms with Gasteiger partial charge in [-0.2, -0.15) is 0 Å². The minimum atomic E-state index is 0.727. The molecule has 4 rings (SSSR count). The van der Waals surface area contributed by atoms with Crippen molar-refractivity contribution in [2.45, 2.75) is 20.4 Å². The molecule has 1 saturated heterocycles. The van der Waals surface area contributed by atoms with Crippen molar-refractivity contribution >= 4 is 27.4 Å². The molecular formula is C23H30N4O3S. The Balaban J connectivity index is 1.66. The first kappa shape index (κ1) is 21.8. The van der Waals surface area contributed by atoms with Crippen LogP contribution in [0.15, 0.2) is 24.5 Å². The molecule has 0 unspecified atom stereocenters. The smallest absolute Gasteiger partial charge is 0.161 e. The lowest BCUT2D eigenvalue weighted by atomic mass is 10.1. The van der Waals surface area contributed by atoms with Gasteiger partial charge in [0.25, 0.3) is 0 Å². The molecule has 2 aromatic heterocycles. The van der Waals surface area contributed by atoms with Crippen LogP contribution in [-0.4, -0.2) is 68.5 Å². The van der Waals surface area contributed by atoms with E-state index in [9.17, 15) is 0 Å². The molecule has 0 N–H and O–H groups in total. The van der Waals surface area contributed by atoms with E-state index in [0.717, 1.165) is 79.0 Å². The van der Waals surface area contributed by atoms with E-state index in [-0.39, 0.29) is 0 Å². The zero-order valence-electron chi connectivity index (χ0n) is 18.7. The topological polar surface area (TPSA) is 60.0 Å². The van der Waals surface area contributed by atoms with Crippen LogP contribution >= 0.6 is 11.3 Å². The molecule has 0 radical (unpaired) electrons. The molecule has 3 aromatic rings. The predicted octanol–water partition coefficient (Wildman–Crippen LogP) is 3.66. The largest absolute Gasteiger partial charge is 0.493 e. The van der Waals surface area contributed by atoms with Crippen LogP contribution in [0.5, 0.6) is 11.5 Å². The first-order valence-electron chi connectivity index (χ1n) is 10.6. The molecule has 7 nitrogen and oxygen atoms in total. The molecule has 8 heteroatoms. The third-order valence-corrected chi connectivity index (χ3v) is 6.97. The first-order chi connectivity index (χ1) is 15.1. The summed E-state index contributed by atoms with van der Waals surface area (Å²) in [5.41, 5.74) is 2.41. The SMILES string of the molecule is COc1ccc(CN(CCN2CCOCC2)c2ncnc3sc(C)c(C)c23)cc1OC. The highest BCUT2D eigenvalue weighted by atomic mass is 32.1. The van der Waals surface area contributed by atoms with Crippen LogP contribution in [0, 0.1) is 13.8 Å². The zero-order chi connectivity index (χ0) is 21.8. The number of ether oxygens (including phenoxy) is 3. The van der Waals surface area contributed by atoms with E-state index in [2.05, 4.69) is 34.7 Å². The van der Waals surface area contributed by atoms with Gasteiger partial charge in [-0.05, 0) is 37.1 Å². The van der Waals surface area contributed by atoms with Gasteiger partial charge in [0.2, 0.25) is 0 Å². The Morgan fingerprint density at radius 2 is 1.87 bits per heavy atom. The maximum Gasteiger partial charge on any atom is 0.161 e. The van der Waals surface area contributed by atoms with Gasteiger partial charge in [0.1, 0.15) is 17.0 Å². The highest BCUT2D eigenvalue weighted by Gasteiger charge is 2.20. The van der Waals surface area contributed by atoms with Crippen molar-refractivity contribution in [2.75, 3.05) is 58.5 Å². The van der Waals surface area contributed by atoms with E-state index in [1.165, 1.54) is 10.4 Å². The minimum absolute atomic E-state index is 0.727. The third kappa shape index (κ3) is 4.76. The number of hydrogen-bond acceptors (Lipinski definition) is 8. The fourth-order valence-corrected chi connectivity index (χ4v) is 4.94. The fourth-order valence-electron chi connectivity index (χ4n) is 3.95. The standard InChI is InChI=1S/C23H30N4O3S/c1-16-17(2)31-23-21(16)22(24-15-25-23)27(8-7-26-9-11-30-12-10-26)14-18-5-6-19(28-3)20(13-18)29-4/h5-6,13,15H,7-12,14H2,1-4H3. The Labute approximate surface area is 187 Å². The zero-order valence-corrected chi connectivity index (χ0v) is 19.5. The monoisotopic (exact) mass is 442 g/mol. The highest BCUT2D eigenvalue weighted by Crippen LogP contribution is 2.35. The molecule has 0 aliphatic carbocycles. The molecule has 0 saturated carbocycles. The predicted molar refractivity (Wildman–Crippen MR) is 125 cm³/mol. The average Bonchev–Trinajstić information content (AvgIpc) is 3.10. The number of anilines is 1. The van der Waals surface area contributed by atoms with Crippen molar-refractivity contribution in [3.05, 3.63) is 40.5 Å². The van der Waals surface area contributed by atoms with Crippen LogP contribution in [-0.2, 0) is 11.3 Å². The quantitative estimate of drug-likeness (QED) is 0.528. The van der Waals surface area contributed by atoms with Crippen molar-refractivity contribution in [2.24, 2.45) is 0 Å². The van der Waals surface area contributed by atoms with E-state index in [0.29, 0.717) is 0 Å². The lowest BCUT2D eigenvalue weighted by molar-refractivity contribution is 0.0391. The van der Waals surface area contributed by atoms with Crippen LogP contribution in [0.25, 0.3) is 10.2 Å². The third-order valence-electron chi connectivity index (χ3n) is 5.86. The van der Waals surface area contributed by atoms with Gasteiger partial charge in [-0.15, -0.1) is 11.3 Å². The van der Waals surface area contributed by atoms with E-state index in [1.54, 1.807) is 31.9 Å². The normalized spacial score (nSPS) is 14.7. The van der Waals surface area contributed by atoms with Crippen molar-refractivity contribution in [3.8, 4) is 11.5 Å². The number of hydrogen-bond donors (Lipinski definition) is 0. The van der Waals surface area contributed by atoms with E-state index in [1.807, 2.05) is 12.1 Å². The molecular weight excluding hydrogens is 412 g/mol. The van der Waals surface area contributed by atoms with Gasteiger partial charge in [-0.1, -0.05) is 6.07 Å². The first-order valence-corrected chi connectivity index (χ1v) is 11.4. The summed E-state index contributed by atoms with van der Waals surface area (Å²) in [7, 11) is 3.33. The number of morpholine rings is 1. The van der Waals surface area contributed by atoms with Crippen molar-refractivity contribution in [3.63, 3.8) is 0 Å². The Morgan fingerprint density at radius 1 is 1.10 bits per heavy atom. The number of fused-ring (bicyclic) bond motifs is 1. The summed E-state index contributed by atoms with van der Waals surface area (Å²) in [5, 5.41) is 1.16. The van der Waals surface area contributed by atoms with Crippen molar-refractivity contribution < 1.29 is 14.2 Å². The molecule has 1 fully saturated rings.